The molecule has 0 bridgehead atoms. The molecule has 1 heterocycles. The Morgan fingerprint density at radius 2 is 1.95 bits per heavy atom. The summed E-state index contributed by atoms with van der Waals surface area (Å²) in [6.45, 7) is 6.02. The molecule has 1 amide bonds. The Balaban J connectivity index is 0.00000220. The average molecular weight is 348 g/mol. The third-order valence-corrected chi connectivity index (χ3v) is 3.86. The summed E-state index contributed by atoms with van der Waals surface area (Å²) in [5.41, 5.74) is 7.25. The van der Waals surface area contributed by atoms with E-state index in [2.05, 4.69) is 16.3 Å². The fourth-order valence-corrected chi connectivity index (χ4v) is 2.66. The minimum atomic E-state index is -0.807. The maximum absolute atomic E-state index is 12.2. The number of halogens is 2. The maximum Gasteiger partial charge on any atom is 0.244 e. The molecule has 0 aliphatic carbocycles. The molecule has 1 aliphatic rings. The highest BCUT2D eigenvalue weighted by molar-refractivity contribution is 5.97. The Kier molecular flexibility index (Phi) is 8.83. The highest BCUT2D eigenvalue weighted by Crippen LogP contribution is 2.24. The Bertz CT molecular complexity index is 474. The topological polar surface area (TPSA) is 58.4 Å². The van der Waals surface area contributed by atoms with Gasteiger partial charge in [0.15, 0.2) is 0 Å². The molecule has 0 saturated carbocycles. The highest BCUT2D eigenvalue weighted by atomic mass is 35.5. The lowest BCUT2D eigenvalue weighted by Gasteiger charge is -2.23. The first-order valence-corrected chi connectivity index (χ1v) is 7.48. The van der Waals surface area contributed by atoms with Gasteiger partial charge in [0.2, 0.25) is 5.91 Å². The molecule has 22 heavy (non-hydrogen) atoms. The van der Waals surface area contributed by atoms with Crippen LogP contribution in [0.1, 0.15) is 39.5 Å². The normalized spacial score (nSPS) is 16.2. The summed E-state index contributed by atoms with van der Waals surface area (Å²) >= 11 is 0. The Hall–Kier alpha value is -0.970. The number of amides is 1. The predicted octanol–water partition coefficient (Wildman–Crippen LogP) is 3.59. The summed E-state index contributed by atoms with van der Waals surface area (Å²) < 4.78 is 0. The lowest BCUT2D eigenvalue weighted by atomic mass is 9.96. The number of rotatable bonds is 5. The van der Waals surface area contributed by atoms with Crippen molar-refractivity contribution in [2.24, 2.45) is 5.73 Å². The van der Waals surface area contributed by atoms with Crippen LogP contribution in [0.2, 0.25) is 0 Å². The van der Waals surface area contributed by atoms with Gasteiger partial charge in [-0.3, -0.25) is 4.79 Å². The first-order valence-electron chi connectivity index (χ1n) is 7.48. The molecule has 2 rings (SSSR count). The summed E-state index contributed by atoms with van der Waals surface area (Å²) in [6, 6.07) is 8.02. The zero-order chi connectivity index (χ0) is 14.6. The van der Waals surface area contributed by atoms with E-state index in [0.717, 1.165) is 25.2 Å². The number of carbonyl (C=O) groups excluding carboxylic acids is 1. The van der Waals surface area contributed by atoms with Crippen LogP contribution in [0.5, 0.6) is 0 Å². The first kappa shape index (κ1) is 21.0. The standard InChI is InChI=1S/C16H25N3O.2ClH/c1-3-9-16(2,17)15(20)18-13-7-6-8-14(12-13)19-10-4-5-11-19;;/h6-8,12H,3-5,9-11,17H2,1-2H3,(H,18,20);2*1H. The molecular formula is C16H27Cl2N3O. The molecule has 0 aromatic heterocycles. The zero-order valence-corrected chi connectivity index (χ0v) is 14.9. The van der Waals surface area contributed by atoms with E-state index in [9.17, 15) is 4.79 Å². The van der Waals surface area contributed by atoms with Crippen LogP contribution < -0.4 is 16.0 Å². The minimum absolute atomic E-state index is 0. The van der Waals surface area contributed by atoms with Gasteiger partial charge in [-0.2, -0.15) is 0 Å². The largest absolute Gasteiger partial charge is 0.371 e. The van der Waals surface area contributed by atoms with Crippen LogP contribution >= 0.6 is 24.8 Å². The number of nitrogens with one attached hydrogen (secondary N) is 1. The van der Waals surface area contributed by atoms with Gasteiger partial charge in [-0.05, 0) is 44.4 Å². The fourth-order valence-electron chi connectivity index (χ4n) is 2.66. The Morgan fingerprint density at radius 3 is 2.55 bits per heavy atom. The number of nitrogens with two attached hydrogens (primary N) is 1. The van der Waals surface area contributed by atoms with E-state index in [0.29, 0.717) is 6.42 Å². The molecule has 126 valence electrons. The van der Waals surface area contributed by atoms with Crippen LogP contribution in [-0.2, 0) is 4.79 Å². The van der Waals surface area contributed by atoms with Crippen molar-refractivity contribution >= 4 is 42.1 Å². The number of benzene rings is 1. The first-order chi connectivity index (χ1) is 9.53. The van der Waals surface area contributed by atoms with Crippen molar-refractivity contribution in [1.82, 2.24) is 0 Å². The number of hydrogen-bond acceptors (Lipinski definition) is 3. The van der Waals surface area contributed by atoms with Crippen LogP contribution in [0.4, 0.5) is 11.4 Å². The summed E-state index contributed by atoms with van der Waals surface area (Å²) in [5, 5.41) is 2.94. The predicted molar refractivity (Wildman–Crippen MR) is 98.5 cm³/mol. The van der Waals surface area contributed by atoms with Gasteiger partial charge in [0.05, 0.1) is 5.54 Å². The molecule has 6 heteroatoms. The molecular weight excluding hydrogens is 321 g/mol. The van der Waals surface area contributed by atoms with Gasteiger partial charge in [-0.25, -0.2) is 0 Å². The van der Waals surface area contributed by atoms with Gasteiger partial charge < -0.3 is 16.0 Å². The van der Waals surface area contributed by atoms with Crippen LogP contribution in [0, 0.1) is 0 Å². The van der Waals surface area contributed by atoms with E-state index < -0.39 is 5.54 Å². The van der Waals surface area contributed by atoms with Gasteiger partial charge in [0.25, 0.3) is 0 Å². The van der Waals surface area contributed by atoms with Crippen molar-refractivity contribution in [2.75, 3.05) is 23.3 Å². The molecule has 1 aromatic carbocycles. The van der Waals surface area contributed by atoms with E-state index in [1.54, 1.807) is 6.92 Å². The van der Waals surface area contributed by atoms with E-state index in [1.165, 1.54) is 18.5 Å². The van der Waals surface area contributed by atoms with Crippen molar-refractivity contribution in [3.05, 3.63) is 24.3 Å². The Labute approximate surface area is 145 Å². The quantitative estimate of drug-likeness (QED) is 0.855. The molecule has 1 unspecified atom stereocenters. The van der Waals surface area contributed by atoms with Crippen LogP contribution in [0.25, 0.3) is 0 Å². The molecule has 4 nitrogen and oxygen atoms in total. The molecule has 3 N–H and O–H groups in total. The lowest BCUT2D eigenvalue weighted by molar-refractivity contribution is -0.120. The van der Waals surface area contributed by atoms with Crippen molar-refractivity contribution in [3.63, 3.8) is 0 Å². The SMILES string of the molecule is CCCC(C)(N)C(=O)Nc1cccc(N2CCCC2)c1.Cl.Cl. The molecule has 1 fully saturated rings. The number of hydrogen-bond donors (Lipinski definition) is 2. The van der Waals surface area contributed by atoms with Crippen LogP contribution in [-0.4, -0.2) is 24.5 Å². The number of carbonyl (C=O) groups is 1. The average Bonchev–Trinajstić information content (AvgIpc) is 2.93. The summed E-state index contributed by atoms with van der Waals surface area (Å²) in [6.07, 6.45) is 4.07. The second kappa shape index (κ2) is 9.23. The van der Waals surface area contributed by atoms with E-state index in [4.69, 9.17) is 5.73 Å². The van der Waals surface area contributed by atoms with Crippen molar-refractivity contribution in [2.45, 2.75) is 45.1 Å². The Morgan fingerprint density at radius 1 is 1.32 bits per heavy atom. The van der Waals surface area contributed by atoms with E-state index >= 15 is 0 Å². The molecule has 0 radical (unpaired) electrons. The summed E-state index contributed by atoms with van der Waals surface area (Å²) in [5.74, 6) is -0.113. The van der Waals surface area contributed by atoms with Crippen molar-refractivity contribution < 1.29 is 4.79 Å². The third-order valence-electron chi connectivity index (χ3n) is 3.86. The zero-order valence-electron chi connectivity index (χ0n) is 13.3. The second-order valence-electron chi connectivity index (χ2n) is 5.87. The number of nitrogens with zero attached hydrogens (tertiary/aromatic N) is 1. The van der Waals surface area contributed by atoms with Crippen LogP contribution in [0.3, 0.4) is 0 Å². The van der Waals surface area contributed by atoms with Crippen LogP contribution in [0.15, 0.2) is 24.3 Å². The minimum Gasteiger partial charge on any atom is -0.371 e. The van der Waals surface area contributed by atoms with Crippen molar-refractivity contribution in [1.29, 1.82) is 0 Å². The van der Waals surface area contributed by atoms with Gasteiger partial charge in [-0.1, -0.05) is 19.4 Å². The molecule has 1 aromatic rings. The van der Waals surface area contributed by atoms with Gasteiger partial charge in [0, 0.05) is 24.5 Å². The van der Waals surface area contributed by atoms with Gasteiger partial charge >= 0.3 is 0 Å². The summed E-state index contributed by atoms with van der Waals surface area (Å²) in [4.78, 5) is 14.6. The monoisotopic (exact) mass is 347 g/mol. The number of anilines is 2. The molecule has 1 aliphatic heterocycles. The molecule has 1 atom stereocenters. The molecule has 0 spiro atoms. The third kappa shape index (κ3) is 5.34. The highest BCUT2D eigenvalue weighted by Gasteiger charge is 2.27. The molecule has 1 saturated heterocycles. The lowest BCUT2D eigenvalue weighted by Crippen LogP contribution is -2.48. The smallest absolute Gasteiger partial charge is 0.244 e. The van der Waals surface area contributed by atoms with E-state index in [1.807, 2.05) is 25.1 Å². The maximum atomic E-state index is 12.2. The fraction of sp³-hybridized carbons (Fsp3) is 0.562. The van der Waals surface area contributed by atoms with Gasteiger partial charge in [-0.15, -0.1) is 24.8 Å². The van der Waals surface area contributed by atoms with Crippen molar-refractivity contribution in [3.8, 4) is 0 Å². The van der Waals surface area contributed by atoms with Gasteiger partial charge in [0.1, 0.15) is 0 Å². The summed E-state index contributed by atoms with van der Waals surface area (Å²) in [7, 11) is 0. The second-order valence-corrected chi connectivity index (χ2v) is 5.87. The van der Waals surface area contributed by atoms with E-state index in [-0.39, 0.29) is 30.7 Å².